The van der Waals surface area contributed by atoms with Gasteiger partial charge < -0.3 is 52.7 Å². The van der Waals surface area contributed by atoms with Crippen molar-refractivity contribution < 1.29 is 61.3 Å². The van der Waals surface area contributed by atoms with Crippen molar-refractivity contribution in [2.24, 2.45) is 21.1 Å². The second kappa shape index (κ2) is 31.5. The van der Waals surface area contributed by atoms with E-state index in [0.29, 0.717) is 0 Å². The van der Waals surface area contributed by atoms with Crippen molar-refractivity contribution in [1.29, 1.82) is 0 Å². The van der Waals surface area contributed by atoms with Gasteiger partial charge in [0.2, 0.25) is 0 Å². The first kappa shape index (κ1) is 77.5. The third kappa shape index (κ3) is 12.7. The zero-order valence-corrected chi connectivity index (χ0v) is 71.0. The van der Waals surface area contributed by atoms with Crippen LogP contribution in [-0.2, 0) is 82.4 Å². The van der Waals surface area contributed by atoms with Gasteiger partial charge in [0.1, 0.15) is 0 Å². The van der Waals surface area contributed by atoms with E-state index >= 15 is 0 Å². The van der Waals surface area contributed by atoms with E-state index in [1.807, 2.05) is 116 Å². The molecule has 0 N–H and O–H groups in total. The molecule has 0 atom stereocenters. The van der Waals surface area contributed by atoms with Crippen LogP contribution in [-0.4, -0.2) is 66.1 Å². The summed E-state index contributed by atoms with van der Waals surface area (Å²) in [4.78, 5) is 34.4. The molecule has 14 nitrogen and oxygen atoms in total. The number of aromatic nitrogens is 7. The van der Waals surface area contributed by atoms with Crippen molar-refractivity contribution in [2.75, 3.05) is 36.2 Å². The summed E-state index contributed by atoms with van der Waals surface area (Å²) in [6.45, 7) is 3.91. The molecule has 8 aliphatic rings. The van der Waals surface area contributed by atoms with Gasteiger partial charge in [-0.1, -0.05) is 151 Å². The number of hydrogen-bond acceptors (Lipinski definition) is 11. The van der Waals surface area contributed by atoms with E-state index in [1.54, 1.807) is 0 Å². The first-order chi connectivity index (χ1) is 58.7. The number of para-hydroxylation sites is 7. The summed E-state index contributed by atoms with van der Waals surface area (Å²) in [7, 11) is 8.12. The number of pyridine rings is 1. The monoisotopic (exact) mass is 1840 g/mol. The van der Waals surface area contributed by atoms with Gasteiger partial charge in [-0.05, 0) is 114 Å². The predicted molar refractivity (Wildman–Crippen MR) is 484 cm³/mol. The largest absolute Gasteiger partial charge is 2.00 e. The zero-order chi connectivity index (χ0) is 79.1. The maximum atomic E-state index is 4.65. The number of anilines is 9. The molecule has 0 amide bonds. The molecule has 17 aromatic rings. The van der Waals surface area contributed by atoms with Gasteiger partial charge in [0.15, 0.2) is 0 Å². The summed E-state index contributed by atoms with van der Waals surface area (Å²) in [6, 6.07) is 118. The van der Waals surface area contributed by atoms with Crippen LogP contribution in [0.1, 0.15) is 0 Å². The average molecular weight is 1840 g/mol. The fraction of sp³-hybridized carbons (Fsp3) is 0.0392. The molecule has 592 valence electrons. The minimum absolute atomic E-state index is 0. The summed E-state index contributed by atoms with van der Waals surface area (Å²) in [6.07, 6.45) is 21.6. The molecule has 0 fully saturated rings. The Bertz CT molecular complexity index is 7030. The molecule has 0 aliphatic carbocycles. The fourth-order valence-electron chi connectivity index (χ4n) is 18.7. The number of fused-ring (bicyclic) bond motifs is 33. The molecule has 0 spiro atoms. The topological polar surface area (TPSA) is 89.0 Å². The van der Waals surface area contributed by atoms with E-state index in [9.17, 15) is 0 Å². The molecule has 0 bridgehead atoms. The van der Waals surface area contributed by atoms with Crippen LogP contribution in [0.2, 0.25) is 0 Å². The molecule has 12 heterocycles. The Balaban J connectivity index is 0.000000115. The zero-order valence-electron chi connectivity index (χ0n) is 66.4. The molecule has 0 unspecified atom stereocenters. The Hall–Kier alpha value is -13.1. The standard InChI is InChI=1S/C37H25BN5.C33H21BN4.C32H23BN5.3Pd/c1-40-20-19-39-37(40)26-15-17-29-31-11-5-7-13-35(31)43-36-14-8-6-12-32(36)30-18-16-28(24-34(30)38(43)33(29)23-26)42-22-21-41(25-42)27-9-3-2-4-10-27;1-37-19-18-36-33(37)23-14-16-25-27-9-3-5-12-32(27)38-31-11-4-2-8-26(31)24-15-13-22(30-10-6-7-17-35-30)20-28(24)34(38)29(25)21-23;1-35-17-18-37(21-35)23-12-14-25-27-8-4-6-10-31(27)38-30-9-5-3-7-26(30)24-13-11-22(32-34-15-16-36(32)2)19-28(24)33(38)29(25)20-23;;;/h2-22,25H,1H3;2-19H,1H3;3-18,21H,1-2H3;;;/q-3;-2;-3;;;+2. The Morgan fingerprint density at radius 3 is 0.902 bits per heavy atom. The molecule has 4 aromatic heterocycles. The average Bonchev–Trinajstić information content (AvgIpc) is 0.780. The predicted octanol–water partition coefficient (Wildman–Crippen LogP) is 17.1. The van der Waals surface area contributed by atoms with E-state index in [-0.39, 0.29) is 81.8 Å². The molecule has 13 aromatic carbocycles. The third-order valence-corrected chi connectivity index (χ3v) is 24.1. The van der Waals surface area contributed by atoms with Gasteiger partial charge in [-0.2, -0.15) is 41.9 Å². The van der Waals surface area contributed by atoms with Crippen LogP contribution in [0.4, 0.5) is 51.2 Å². The van der Waals surface area contributed by atoms with E-state index in [0.717, 1.165) is 95.3 Å². The molecule has 8 aliphatic heterocycles. The molecule has 20 heteroatoms. The van der Waals surface area contributed by atoms with Gasteiger partial charge in [0.25, 0.3) is 20.5 Å². The van der Waals surface area contributed by atoms with E-state index < -0.39 is 0 Å². The Morgan fingerprint density at radius 1 is 0.262 bits per heavy atom. The second-order valence-electron chi connectivity index (χ2n) is 30.9. The maximum Gasteiger partial charge on any atom is 2.00 e. The summed E-state index contributed by atoms with van der Waals surface area (Å²) >= 11 is 0. The van der Waals surface area contributed by atoms with Crippen LogP contribution in [0.5, 0.6) is 0 Å². The van der Waals surface area contributed by atoms with Gasteiger partial charge in [-0.25, -0.2) is 0 Å². The quantitative estimate of drug-likeness (QED) is 0.113. The van der Waals surface area contributed by atoms with Crippen molar-refractivity contribution in [1.82, 2.24) is 38.5 Å². The number of hydrogen-bond donors (Lipinski definition) is 0. The van der Waals surface area contributed by atoms with Crippen LogP contribution >= 0.6 is 0 Å². The van der Waals surface area contributed by atoms with Crippen LogP contribution in [0, 0.1) is 49.7 Å². The maximum absolute atomic E-state index is 4.65. The summed E-state index contributed by atoms with van der Waals surface area (Å²) in [5.41, 5.74) is 36.5. The first-order valence-corrected chi connectivity index (χ1v) is 40.0. The molecular weight excluding hydrogens is 1770 g/mol. The number of aryl methyl sites for hydroxylation is 3. The van der Waals surface area contributed by atoms with Crippen molar-refractivity contribution in [2.45, 2.75) is 0 Å². The van der Waals surface area contributed by atoms with Crippen LogP contribution in [0.3, 0.4) is 0 Å². The van der Waals surface area contributed by atoms with Crippen molar-refractivity contribution in [3.63, 3.8) is 0 Å². The third-order valence-electron chi connectivity index (χ3n) is 24.1. The van der Waals surface area contributed by atoms with Crippen molar-refractivity contribution >= 4 is 105 Å². The van der Waals surface area contributed by atoms with Crippen LogP contribution < -0.4 is 61.9 Å². The smallest absolute Gasteiger partial charge is 0.510 e. The van der Waals surface area contributed by atoms with Gasteiger partial charge in [0, 0.05) is 145 Å². The molecule has 122 heavy (non-hydrogen) atoms. The normalized spacial score (nSPS) is 13.6. The SMILES string of the molecule is CN1C=CN(c2[c-]c3c(cc2)-c2ccccc2N2B3c3[c-]c(-c4nccn4C)ccc3-c3ccccc32)[CH-]1.Cn1ccnc1-c1[c-]c2c(cc1)-c1ccccc1N1B2c2[c-]c(-c3ccccn3)ccc2-c2ccccc21.Cn1ccnc1-c1[c-]c2c(cc1)-c1ccccc1N1B2c2[c-]c(N3C=CN(c4ccccc4)[CH-]3)ccc2-c2ccccc21.[Pd+2].[Pd].[Pd]. The van der Waals surface area contributed by atoms with E-state index in [4.69, 9.17) is 0 Å². The summed E-state index contributed by atoms with van der Waals surface area (Å²) in [5, 5.41) is 0. The number of imidazole rings is 3. The molecule has 25 rings (SSSR count). The van der Waals surface area contributed by atoms with Gasteiger partial charge in [-0.15, -0.1) is 180 Å². The van der Waals surface area contributed by atoms with Gasteiger partial charge in [0.05, 0.1) is 17.5 Å². The van der Waals surface area contributed by atoms with Crippen LogP contribution in [0.25, 0.3) is 112 Å². The van der Waals surface area contributed by atoms with Gasteiger partial charge >= 0.3 is 20.4 Å². The Morgan fingerprint density at radius 2 is 0.566 bits per heavy atom. The van der Waals surface area contributed by atoms with Gasteiger partial charge in [-0.3, -0.25) is 15.0 Å². The number of rotatable bonds is 7. The second-order valence-corrected chi connectivity index (χ2v) is 30.9. The van der Waals surface area contributed by atoms with Crippen LogP contribution in [0.15, 0.2) is 335 Å². The number of nitrogens with zero attached hydrogens (tertiary/aromatic N) is 14. The molecule has 0 saturated carbocycles. The fourth-order valence-corrected chi connectivity index (χ4v) is 18.7. The molecule has 0 radical (unpaired) electrons. The minimum atomic E-state index is -0.105. The Kier molecular flexibility index (Phi) is 20.0. The minimum Gasteiger partial charge on any atom is -0.510 e. The summed E-state index contributed by atoms with van der Waals surface area (Å²) in [5.74, 6) is 2.72. The number of benzene rings is 13. The molecular formula is C102H69B3N14Pd3-6. The van der Waals surface area contributed by atoms with Crippen molar-refractivity contribution in [3.8, 4) is 112 Å². The van der Waals surface area contributed by atoms with Crippen molar-refractivity contribution in [3.05, 3.63) is 385 Å². The summed E-state index contributed by atoms with van der Waals surface area (Å²) < 4.78 is 6.14. The first-order valence-electron chi connectivity index (χ1n) is 40.0. The Labute approximate surface area is 752 Å². The van der Waals surface area contributed by atoms with E-state index in [1.165, 1.54) is 101 Å². The van der Waals surface area contributed by atoms with E-state index in [2.05, 4.69) is 365 Å². The molecule has 0 saturated heterocycles.